The van der Waals surface area contributed by atoms with Crippen molar-refractivity contribution in [3.63, 3.8) is 0 Å². The number of hydrazone groups is 1. The minimum Gasteiger partial charge on any atom is -0.483 e. The molecule has 3 aromatic carbocycles. The summed E-state index contributed by atoms with van der Waals surface area (Å²) >= 11 is 0. The van der Waals surface area contributed by atoms with E-state index in [1.165, 1.54) is 5.56 Å². The first-order chi connectivity index (χ1) is 15.2. The first-order valence-electron chi connectivity index (χ1n) is 9.91. The highest BCUT2D eigenvalue weighted by molar-refractivity contribution is 5.83. The molecule has 4 rings (SSSR count). The number of benzene rings is 3. The molecule has 0 atom stereocenters. The van der Waals surface area contributed by atoms with Crippen LogP contribution in [0, 0.1) is 6.92 Å². The van der Waals surface area contributed by atoms with Crippen LogP contribution in [0.3, 0.4) is 0 Å². The normalized spacial score (nSPS) is 10.9. The van der Waals surface area contributed by atoms with Crippen molar-refractivity contribution in [2.24, 2.45) is 5.10 Å². The van der Waals surface area contributed by atoms with Gasteiger partial charge in [-0.3, -0.25) is 4.79 Å². The Morgan fingerprint density at radius 2 is 1.74 bits per heavy atom. The molecule has 0 bridgehead atoms. The molecule has 0 aliphatic carbocycles. The lowest BCUT2D eigenvalue weighted by Crippen LogP contribution is -2.24. The summed E-state index contributed by atoms with van der Waals surface area (Å²) in [5, 5.41) is 8.43. The van der Waals surface area contributed by atoms with Crippen molar-refractivity contribution in [3.05, 3.63) is 102 Å². The Hall–Kier alpha value is -4.19. The Kier molecular flexibility index (Phi) is 6.18. The minimum atomic E-state index is -0.338. The molecular weight excluding hydrogens is 388 g/mol. The van der Waals surface area contributed by atoms with E-state index >= 15 is 0 Å². The molecule has 0 saturated carbocycles. The van der Waals surface area contributed by atoms with E-state index < -0.39 is 0 Å². The summed E-state index contributed by atoms with van der Waals surface area (Å²) in [5.74, 6) is 0.257. The van der Waals surface area contributed by atoms with Gasteiger partial charge in [-0.1, -0.05) is 60.2 Å². The number of ether oxygens (including phenoxy) is 1. The molecule has 0 radical (unpaired) electrons. The predicted octanol–water partition coefficient (Wildman–Crippen LogP) is 4.38. The SMILES string of the molecule is Cc1ccc(/C=N/NC(=O)COc2ccccc2-c2ccnn2-c2ccccc2)cc1. The molecule has 0 fully saturated rings. The predicted molar refractivity (Wildman–Crippen MR) is 121 cm³/mol. The molecule has 0 spiro atoms. The monoisotopic (exact) mass is 410 g/mol. The lowest BCUT2D eigenvalue weighted by atomic mass is 10.1. The number of hydrogen-bond acceptors (Lipinski definition) is 4. The molecule has 4 aromatic rings. The van der Waals surface area contributed by atoms with Crippen molar-refractivity contribution in [1.82, 2.24) is 15.2 Å². The minimum absolute atomic E-state index is 0.151. The fraction of sp³-hybridized carbons (Fsp3) is 0.0800. The van der Waals surface area contributed by atoms with Gasteiger partial charge in [-0.25, -0.2) is 10.1 Å². The van der Waals surface area contributed by atoms with Gasteiger partial charge in [0.2, 0.25) is 0 Å². The van der Waals surface area contributed by atoms with Crippen LogP contribution in [0.25, 0.3) is 16.9 Å². The Morgan fingerprint density at radius 3 is 2.55 bits per heavy atom. The van der Waals surface area contributed by atoms with Crippen molar-refractivity contribution >= 4 is 12.1 Å². The van der Waals surface area contributed by atoms with E-state index in [2.05, 4.69) is 15.6 Å². The molecule has 154 valence electrons. The number of hydrogen-bond donors (Lipinski definition) is 1. The number of rotatable bonds is 7. The van der Waals surface area contributed by atoms with Gasteiger partial charge >= 0.3 is 0 Å². The zero-order chi connectivity index (χ0) is 21.5. The van der Waals surface area contributed by atoms with Gasteiger partial charge < -0.3 is 4.74 Å². The zero-order valence-electron chi connectivity index (χ0n) is 17.1. The van der Waals surface area contributed by atoms with Gasteiger partial charge in [0.15, 0.2) is 6.61 Å². The highest BCUT2D eigenvalue weighted by Crippen LogP contribution is 2.31. The van der Waals surface area contributed by atoms with Gasteiger partial charge in [0.1, 0.15) is 5.75 Å². The smallest absolute Gasteiger partial charge is 0.277 e. The standard InChI is InChI=1S/C25H22N4O2/c1-19-11-13-20(14-12-19)17-26-28-25(30)18-31-24-10-6-5-9-22(24)23-15-16-27-29(23)21-7-3-2-4-8-21/h2-17H,18H2,1H3,(H,28,30)/b26-17+. The lowest BCUT2D eigenvalue weighted by Gasteiger charge is -2.12. The van der Waals surface area contributed by atoms with Gasteiger partial charge in [-0.2, -0.15) is 10.2 Å². The Balaban J connectivity index is 1.44. The van der Waals surface area contributed by atoms with Crippen LogP contribution < -0.4 is 10.2 Å². The van der Waals surface area contributed by atoms with Gasteiger partial charge in [0, 0.05) is 5.56 Å². The van der Waals surface area contributed by atoms with Crippen LogP contribution in [0.5, 0.6) is 5.75 Å². The first kappa shape index (κ1) is 20.1. The van der Waals surface area contributed by atoms with Gasteiger partial charge in [0.05, 0.1) is 23.8 Å². The maximum atomic E-state index is 12.2. The number of carbonyl (C=O) groups is 1. The zero-order valence-corrected chi connectivity index (χ0v) is 17.1. The number of aryl methyl sites for hydroxylation is 1. The molecule has 31 heavy (non-hydrogen) atoms. The van der Waals surface area contributed by atoms with Crippen molar-refractivity contribution < 1.29 is 9.53 Å². The van der Waals surface area contributed by atoms with E-state index in [1.54, 1.807) is 12.4 Å². The fourth-order valence-corrected chi connectivity index (χ4v) is 3.09. The van der Waals surface area contributed by atoms with Crippen LogP contribution in [-0.4, -0.2) is 28.5 Å². The summed E-state index contributed by atoms with van der Waals surface area (Å²) in [6.07, 6.45) is 3.34. The van der Waals surface area contributed by atoms with E-state index in [9.17, 15) is 4.79 Å². The highest BCUT2D eigenvalue weighted by Gasteiger charge is 2.13. The lowest BCUT2D eigenvalue weighted by molar-refractivity contribution is -0.123. The van der Waals surface area contributed by atoms with Gasteiger partial charge in [-0.05, 0) is 42.8 Å². The van der Waals surface area contributed by atoms with Crippen molar-refractivity contribution in [1.29, 1.82) is 0 Å². The number of aromatic nitrogens is 2. The molecule has 1 N–H and O–H groups in total. The Morgan fingerprint density at radius 1 is 1.00 bits per heavy atom. The molecular formula is C25H22N4O2. The van der Waals surface area contributed by atoms with Crippen LogP contribution >= 0.6 is 0 Å². The number of para-hydroxylation sites is 2. The van der Waals surface area contributed by atoms with E-state index in [1.807, 2.05) is 96.5 Å². The Bertz CT molecular complexity index is 1180. The number of nitrogens with one attached hydrogen (secondary N) is 1. The molecule has 0 aliphatic heterocycles. The molecule has 6 nitrogen and oxygen atoms in total. The van der Waals surface area contributed by atoms with Crippen LogP contribution in [-0.2, 0) is 4.79 Å². The summed E-state index contributed by atoms with van der Waals surface area (Å²) in [4.78, 5) is 12.2. The van der Waals surface area contributed by atoms with Crippen molar-refractivity contribution in [2.45, 2.75) is 6.92 Å². The number of carbonyl (C=O) groups excluding carboxylic acids is 1. The third kappa shape index (κ3) is 5.05. The quantitative estimate of drug-likeness (QED) is 0.363. The van der Waals surface area contributed by atoms with Gasteiger partial charge in [0.25, 0.3) is 5.91 Å². The summed E-state index contributed by atoms with van der Waals surface area (Å²) in [5.41, 5.74) is 7.24. The highest BCUT2D eigenvalue weighted by atomic mass is 16.5. The van der Waals surface area contributed by atoms with Crippen LogP contribution in [0.15, 0.2) is 96.2 Å². The van der Waals surface area contributed by atoms with Gasteiger partial charge in [-0.15, -0.1) is 0 Å². The molecule has 0 unspecified atom stereocenters. The third-order valence-electron chi connectivity index (χ3n) is 4.65. The molecule has 0 saturated heterocycles. The van der Waals surface area contributed by atoms with E-state index in [-0.39, 0.29) is 12.5 Å². The van der Waals surface area contributed by atoms with E-state index in [4.69, 9.17) is 4.74 Å². The molecule has 1 aromatic heterocycles. The summed E-state index contributed by atoms with van der Waals surface area (Å²) < 4.78 is 7.65. The Labute approximate surface area is 180 Å². The number of nitrogens with zero attached hydrogens (tertiary/aromatic N) is 3. The van der Waals surface area contributed by atoms with Crippen LogP contribution in [0.2, 0.25) is 0 Å². The van der Waals surface area contributed by atoms with Crippen molar-refractivity contribution in [2.75, 3.05) is 6.61 Å². The van der Waals surface area contributed by atoms with Crippen LogP contribution in [0.4, 0.5) is 0 Å². The second-order valence-electron chi connectivity index (χ2n) is 6.95. The van der Waals surface area contributed by atoms with E-state index in [0.29, 0.717) is 5.75 Å². The molecule has 6 heteroatoms. The maximum absolute atomic E-state index is 12.2. The molecule has 1 heterocycles. The van der Waals surface area contributed by atoms with E-state index in [0.717, 1.165) is 22.5 Å². The second-order valence-corrected chi connectivity index (χ2v) is 6.95. The third-order valence-corrected chi connectivity index (χ3v) is 4.65. The first-order valence-corrected chi connectivity index (χ1v) is 9.91. The average molecular weight is 410 g/mol. The summed E-state index contributed by atoms with van der Waals surface area (Å²) in [6, 6.07) is 27.2. The maximum Gasteiger partial charge on any atom is 0.277 e. The summed E-state index contributed by atoms with van der Waals surface area (Å²) in [6.45, 7) is 1.87. The second kappa shape index (κ2) is 9.54. The molecule has 1 amide bonds. The van der Waals surface area contributed by atoms with Crippen LogP contribution in [0.1, 0.15) is 11.1 Å². The number of amides is 1. The molecule has 0 aliphatic rings. The largest absolute Gasteiger partial charge is 0.483 e. The average Bonchev–Trinajstić information content (AvgIpc) is 3.30. The van der Waals surface area contributed by atoms with Crippen molar-refractivity contribution in [3.8, 4) is 22.7 Å². The topological polar surface area (TPSA) is 68.5 Å². The summed E-state index contributed by atoms with van der Waals surface area (Å²) in [7, 11) is 0. The fourth-order valence-electron chi connectivity index (χ4n) is 3.09.